The van der Waals surface area contributed by atoms with E-state index in [1.165, 1.54) is 0 Å². The molecule has 4 heteroatoms. The third-order valence-corrected chi connectivity index (χ3v) is 3.76. The zero-order valence-corrected chi connectivity index (χ0v) is 15.2. The molecular formula is C21H25NO3. The van der Waals surface area contributed by atoms with Gasteiger partial charge in [0.2, 0.25) is 0 Å². The van der Waals surface area contributed by atoms with Crippen molar-refractivity contribution in [2.45, 2.75) is 39.3 Å². The van der Waals surface area contributed by atoms with Crippen LogP contribution < -0.4 is 5.32 Å². The van der Waals surface area contributed by atoms with E-state index in [4.69, 9.17) is 4.74 Å². The Morgan fingerprint density at radius 1 is 0.920 bits per heavy atom. The number of rotatable bonds is 5. The summed E-state index contributed by atoms with van der Waals surface area (Å²) >= 11 is 0. The molecule has 0 fully saturated rings. The van der Waals surface area contributed by atoms with Gasteiger partial charge in [-0.05, 0) is 45.4 Å². The molecule has 0 aliphatic carbocycles. The van der Waals surface area contributed by atoms with Crippen LogP contribution in [0.15, 0.2) is 60.7 Å². The van der Waals surface area contributed by atoms with Crippen molar-refractivity contribution in [3.8, 4) is 0 Å². The van der Waals surface area contributed by atoms with Gasteiger partial charge < -0.3 is 10.1 Å². The van der Waals surface area contributed by atoms with Crippen LogP contribution >= 0.6 is 0 Å². The number of amides is 1. The first-order valence-corrected chi connectivity index (χ1v) is 8.41. The molecule has 25 heavy (non-hydrogen) atoms. The number of nitrogens with one attached hydrogen (secondary N) is 1. The lowest BCUT2D eigenvalue weighted by atomic mass is 9.93. The average molecular weight is 339 g/mol. The second-order valence-electron chi connectivity index (χ2n) is 7.05. The largest absolute Gasteiger partial charge is 0.460 e. The number of esters is 1. The molecule has 0 saturated carbocycles. The van der Waals surface area contributed by atoms with Crippen molar-refractivity contribution in [1.82, 2.24) is 5.32 Å². The topological polar surface area (TPSA) is 55.4 Å². The van der Waals surface area contributed by atoms with E-state index in [0.29, 0.717) is 5.56 Å². The standard InChI is InChI=1S/C21H25NO3/c1-15(20(24)25-21(2,3)4)18(16-11-7-5-8-12-16)22-19(23)17-13-9-6-10-14-17/h5-15,18H,1-4H3,(H,22,23)/t15-,18+/m0/s1. The van der Waals surface area contributed by atoms with Gasteiger partial charge in [-0.25, -0.2) is 0 Å². The second kappa shape index (κ2) is 7.97. The molecule has 0 radical (unpaired) electrons. The van der Waals surface area contributed by atoms with Gasteiger partial charge in [-0.1, -0.05) is 48.5 Å². The molecule has 0 saturated heterocycles. The molecule has 0 aliphatic heterocycles. The molecule has 2 aromatic rings. The molecule has 0 aliphatic rings. The molecule has 1 amide bonds. The van der Waals surface area contributed by atoms with Crippen LogP contribution in [-0.2, 0) is 9.53 Å². The molecule has 2 aromatic carbocycles. The molecule has 1 N–H and O–H groups in total. The first-order chi connectivity index (χ1) is 11.8. The number of carbonyl (C=O) groups is 2. The first-order valence-electron chi connectivity index (χ1n) is 8.41. The predicted molar refractivity (Wildman–Crippen MR) is 98.1 cm³/mol. The van der Waals surface area contributed by atoms with E-state index in [-0.39, 0.29) is 11.9 Å². The molecule has 0 aromatic heterocycles. The fraction of sp³-hybridized carbons (Fsp3) is 0.333. The number of benzene rings is 2. The highest BCUT2D eigenvalue weighted by Gasteiger charge is 2.31. The van der Waals surface area contributed by atoms with Crippen LogP contribution in [0.5, 0.6) is 0 Å². The SMILES string of the molecule is C[C@H](C(=O)OC(C)(C)C)[C@@H](NC(=O)c1ccccc1)c1ccccc1. The summed E-state index contributed by atoms with van der Waals surface area (Å²) < 4.78 is 5.50. The molecule has 2 atom stereocenters. The van der Waals surface area contributed by atoms with E-state index < -0.39 is 17.6 Å². The Bertz CT molecular complexity index is 705. The van der Waals surface area contributed by atoms with Gasteiger partial charge in [0, 0.05) is 5.56 Å². The minimum atomic E-state index is -0.573. The second-order valence-corrected chi connectivity index (χ2v) is 7.05. The van der Waals surface area contributed by atoms with Crippen LogP contribution in [0.2, 0.25) is 0 Å². The zero-order chi connectivity index (χ0) is 18.4. The van der Waals surface area contributed by atoms with Gasteiger partial charge in [-0.15, -0.1) is 0 Å². The molecule has 132 valence electrons. The Hall–Kier alpha value is -2.62. The minimum absolute atomic E-state index is 0.218. The van der Waals surface area contributed by atoms with Crippen LogP contribution in [-0.4, -0.2) is 17.5 Å². The van der Waals surface area contributed by atoms with Crippen LogP contribution in [0.25, 0.3) is 0 Å². The van der Waals surface area contributed by atoms with Crippen molar-refractivity contribution in [2.24, 2.45) is 5.92 Å². The van der Waals surface area contributed by atoms with Crippen molar-refractivity contribution in [3.05, 3.63) is 71.8 Å². The summed E-state index contributed by atoms with van der Waals surface area (Å²) in [5.74, 6) is -1.08. The number of ether oxygens (including phenoxy) is 1. The minimum Gasteiger partial charge on any atom is -0.460 e. The summed E-state index contributed by atoms with van der Waals surface area (Å²) in [6.45, 7) is 7.27. The molecule has 4 nitrogen and oxygen atoms in total. The van der Waals surface area contributed by atoms with Crippen LogP contribution in [0.3, 0.4) is 0 Å². The number of hydrogen-bond acceptors (Lipinski definition) is 3. The highest BCUT2D eigenvalue weighted by molar-refractivity contribution is 5.94. The maximum Gasteiger partial charge on any atom is 0.311 e. The normalized spacial score (nSPS) is 13.6. The van der Waals surface area contributed by atoms with Crippen molar-refractivity contribution >= 4 is 11.9 Å². The van der Waals surface area contributed by atoms with Gasteiger partial charge in [0.25, 0.3) is 5.91 Å². The van der Waals surface area contributed by atoms with Gasteiger partial charge in [0.15, 0.2) is 0 Å². The fourth-order valence-electron chi connectivity index (χ4n) is 2.50. The van der Waals surface area contributed by atoms with E-state index >= 15 is 0 Å². The number of hydrogen-bond donors (Lipinski definition) is 1. The zero-order valence-electron chi connectivity index (χ0n) is 15.2. The Balaban J connectivity index is 2.25. The van der Waals surface area contributed by atoms with Crippen molar-refractivity contribution < 1.29 is 14.3 Å². The van der Waals surface area contributed by atoms with Crippen molar-refractivity contribution in [3.63, 3.8) is 0 Å². The van der Waals surface area contributed by atoms with E-state index in [1.54, 1.807) is 19.1 Å². The molecule has 0 spiro atoms. The average Bonchev–Trinajstić information content (AvgIpc) is 2.59. The van der Waals surface area contributed by atoms with Crippen LogP contribution in [0, 0.1) is 5.92 Å². The quantitative estimate of drug-likeness (QED) is 0.833. The summed E-state index contributed by atoms with van der Waals surface area (Å²) in [7, 11) is 0. The Morgan fingerprint density at radius 2 is 1.44 bits per heavy atom. The Kier molecular flexibility index (Phi) is 5.97. The van der Waals surface area contributed by atoms with E-state index in [1.807, 2.05) is 69.3 Å². The predicted octanol–water partition coefficient (Wildman–Crippen LogP) is 4.14. The Morgan fingerprint density at radius 3 is 1.96 bits per heavy atom. The summed E-state index contributed by atoms with van der Waals surface area (Å²) in [4.78, 5) is 25.1. The molecule has 0 unspecified atom stereocenters. The monoisotopic (exact) mass is 339 g/mol. The molecular weight excluding hydrogens is 314 g/mol. The fourth-order valence-corrected chi connectivity index (χ4v) is 2.50. The maximum absolute atomic E-state index is 12.6. The third-order valence-electron chi connectivity index (χ3n) is 3.76. The highest BCUT2D eigenvalue weighted by atomic mass is 16.6. The van der Waals surface area contributed by atoms with E-state index in [9.17, 15) is 9.59 Å². The van der Waals surface area contributed by atoms with E-state index in [0.717, 1.165) is 5.56 Å². The van der Waals surface area contributed by atoms with Gasteiger partial charge in [-0.2, -0.15) is 0 Å². The van der Waals surface area contributed by atoms with Gasteiger partial charge in [0.1, 0.15) is 5.60 Å². The van der Waals surface area contributed by atoms with Gasteiger partial charge in [0.05, 0.1) is 12.0 Å². The molecule has 0 heterocycles. The van der Waals surface area contributed by atoms with Gasteiger partial charge in [-0.3, -0.25) is 9.59 Å². The first kappa shape index (κ1) is 18.7. The van der Waals surface area contributed by atoms with Crippen molar-refractivity contribution in [1.29, 1.82) is 0 Å². The summed E-state index contributed by atoms with van der Waals surface area (Å²) in [5.41, 5.74) is 0.848. The van der Waals surface area contributed by atoms with Gasteiger partial charge >= 0.3 is 5.97 Å². The Labute approximate surface area is 149 Å². The lowest BCUT2D eigenvalue weighted by molar-refractivity contribution is -0.160. The van der Waals surface area contributed by atoms with Crippen molar-refractivity contribution in [2.75, 3.05) is 0 Å². The maximum atomic E-state index is 12.6. The lowest BCUT2D eigenvalue weighted by Crippen LogP contribution is -2.38. The third kappa shape index (κ3) is 5.45. The smallest absolute Gasteiger partial charge is 0.311 e. The highest BCUT2D eigenvalue weighted by Crippen LogP contribution is 2.25. The molecule has 0 bridgehead atoms. The van der Waals surface area contributed by atoms with E-state index in [2.05, 4.69) is 5.32 Å². The summed E-state index contributed by atoms with van der Waals surface area (Å²) in [6, 6.07) is 18.0. The molecule has 2 rings (SSSR count). The summed E-state index contributed by atoms with van der Waals surface area (Å²) in [6.07, 6.45) is 0. The lowest BCUT2D eigenvalue weighted by Gasteiger charge is -2.28. The van der Waals surface area contributed by atoms with Crippen LogP contribution in [0.4, 0.5) is 0 Å². The van der Waals surface area contributed by atoms with Crippen LogP contribution in [0.1, 0.15) is 49.7 Å². The summed E-state index contributed by atoms with van der Waals surface area (Å²) in [5, 5.41) is 2.98. The number of carbonyl (C=O) groups excluding carboxylic acids is 2.